The van der Waals surface area contributed by atoms with Crippen molar-refractivity contribution in [2.75, 3.05) is 0 Å². The molecular formula is C9H17BF4KNO2. The molecule has 0 aliphatic carbocycles. The fourth-order valence-corrected chi connectivity index (χ4v) is 0.927. The summed E-state index contributed by atoms with van der Waals surface area (Å²) in [5.41, 5.74) is -0.982. The van der Waals surface area contributed by atoms with Crippen molar-refractivity contribution in [1.29, 1.82) is 0 Å². The molecule has 0 heterocycles. The molecule has 0 bridgehead atoms. The zero-order valence-corrected chi connectivity index (χ0v) is 14.2. The minimum Gasteiger partial charge on any atom is -0.449 e. The van der Waals surface area contributed by atoms with Gasteiger partial charge in [-0.3, -0.25) is 0 Å². The maximum atomic E-state index is 13.2. The van der Waals surface area contributed by atoms with E-state index in [1.165, 1.54) is 20.8 Å². The molecule has 0 saturated heterocycles. The van der Waals surface area contributed by atoms with Gasteiger partial charge in [0.15, 0.2) is 0 Å². The van der Waals surface area contributed by atoms with Crippen molar-refractivity contribution < 1.29 is 81.0 Å². The molecule has 0 aliphatic heterocycles. The first kappa shape index (κ1) is 16.7. The molecule has 0 spiro atoms. The SMILES string of the molecule is [2H]C([2H])([C@@H](NC(=O)OC(C)(C)C)[C@H](C)F)[B-](F)(F)F.[K+]. The van der Waals surface area contributed by atoms with Crippen molar-refractivity contribution in [2.24, 2.45) is 0 Å². The predicted octanol–water partition coefficient (Wildman–Crippen LogP) is 0.0891. The largest absolute Gasteiger partial charge is 1.00 e. The third kappa shape index (κ3) is 11.8. The fourth-order valence-electron chi connectivity index (χ4n) is 0.927. The van der Waals surface area contributed by atoms with Gasteiger partial charge >= 0.3 is 64.5 Å². The van der Waals surface area contributed by atoms with Crippen LogP contribution in [0.5, 0.6) is 0 Å². The molecule has 0 aliphatic rings. The maximum Gasteiger partial charge on any atom is 1.00 e. The number of ether oxygens (including phenoxy) is 1. The quantitative estimate of drug-likeness (QED) is 0.590. The smallest absolute Gasteiger partial charge is 0.449 e. The number of carbonyl (C=O) groups is 1. The first-order valence-corrected chi connectivity index (χ1v) is 5.01. The molecule has 1 N–H and O–H groups in total. The Kier molecular flexibility index (Phi) is 7.52. The number of alkyl carbamates (subject to hydrolysis) is 1. The number of alkyl halides is 1. The van der Waals surface area contributed by atoms with Gasteiger partial charge in [0.25, 0.3) is 0 Å². The molecule has 0 rings (SSSR count). The van der Waals surface area contributed by atoms with E-state index in [2.05, 4.69) is 4.74 Å². The second-order valence-electron chi connectivity index (χ2n) is 4.54. The summed E-state index contributed by atoms with van der Waals surface area (Å²) in [6.45, 7) is -0.825. The van der Waals surface area contributed by atoms with Crippen molar-refractivity contribution in [2.45, 2.75) is 51.8 Å². The van der Waals surface area contributed by atoms with Crippen LogP contribution in [0.25, 0.3) is 0 Å². The Labute approximate surface area is 150 Å². The monoisotopic (exact) mass is 299 g/mol. The summed E-state index contributed by atoms with van der Waals surface area (Å²) in [6, 6.07) is -2.36. The van der Waals surface area contributed by atoms with Gasteiger partial charge in [-0.05, 0) is 30.4 Å². The van der Waals surface area contributed by atoms with Gasteiger partial charge in [-0.2, -0.15) is 0 Å². The van der Waals surface area contributed by atoms with Crippen LogP contribution in [0.3, 0.4) is 0 Å². The van der Waals surface area contributed by atoms with Crippen LogP contribution in [0.15, 0.2) is 0 Å². The van der Waals surface area contributed by atoms with Crippen LogP contribution in [-0.4, -0.2) is 30.9 Å². The molecule has 9 heteroatoms. The van der Waals surface area contributed by atoms with E-state index >= 15 is 0 Å². The Morgan fingerprint density at radius 3 is 2.17 bits per heavy atom. The number of hydrogen-bond donors (Lipinski definition) is 1. The first-order valence-electron chi connectivity index (χ1n) is 6.01. The Hall–Kier alpha value is 0.691. The molecule has 0 radical (unpaired) electrons. The van der Waals surface area contributed by atoms with Crippen LogP contribution in [0.2, 0.25) is 6.27 Å². The third-order valence-electron chi connectivity index (χ3n) is 1.50. The van der Waals surface area contributed by atoms with E-state index in [0.29, 0.717) is 0 Å². The average molecular weight is 299 g/mol. The van der Waals surface area contributed by atoms with Crippen molar-refractivity contribution in [3.05, 3.63) is 0 Å². The number of hydrogen-bond acceptors (Lipinski definition) is 2. The molecule has 18 heavy (non-hydrogen) atoms. The van der Waals surface area contributed by atoms with Gasteiger partial charge in [-0.15, -0.1) is 0 Å². The zero-order valence-electron chi connectivity index (χ0n) is 13.1. The van der Waals surface area contributed by atoms with Gasteiger partial charge in [0.1, 0.15) is 11.8 Å². The summed E-state index contributed by atoms with van der Waals surface area (Å²) >= 11 is 0. The zero-order chi connectivity index (χ0) is 15.6. The number of halogens is 4. The van der Waals surface area contributed by atoms with Crippen LogP contribution in [-0.2, 0) is 4.74 Å². The molecule has 2 atom stereocenters. The van der Waals surface area contributed by atoms with Crippen LogP contribution < -0.4 is 56.7 Å². The fraction of sp³-hybridized carbons (Fsp3) is 0.889. The minimum atomic E-state index is -5.99. The van der Waals surface area contributed by atoms with Gasteiger partial charge in [-0.1, -0.05) is 6.27 Å². The Morgan fingerprint density at radius 2 is 1.89 bits per heavy atom. The number of nitrogens with one attached hydrogen (secondary N) is 1. The number of amides is 1. The van der Waals surface area contributed by atoms with E-state index in [9.17, 15) is 22.1 Å². The van der Waals surface area contributed by atoms with Crippen molar-refractivity contribution in [3.63, 3.8) is 0 Å². The minimum absolute atomic E-state index is 0. The van der Waals surface area contributed by atoms with E-state index in [1.54, 1.807) is 5.32 Å². The molecule has 0 aromatic carbocycles. The summed E-state index contributed by atoms with van der Waals surface area (Å²) in [5.74, 6) is 0. The number of rotatable bonds is 4. The average Bonchev–Trinajstić information content (AvgIpc) is 2.08. The molecular weight excluding hydrogens is 280 g/mol. The van der Waals surface area contributed by atoms with Gasteiger partial charge in [0, 0.05) is 6.04 Å². The van der Waals surface area contributed by atoms with Crippen LogP contribution in [0, 0.1) is 0 Å². The summed E-state index contributed by atoms with van der Waals surface area (Å²) in [6.07, 6.45) is -7.37. The van der Waals surface area contributed by atoms with E-state index < -0.39 is 37.2 Å². The summed E-state index contributed by atoms with van der Waals surface area (Å²) < 4.78 is 69.4. The van der Waals surface area contributed by atoms with Gasteiger partial charge < -0.3 is 23.0 Å². The molecule has 1 amide bonds. The number of carbonyl (C=O) groups excluding carboxylic acids is 1. The van der Waals surface area contributed by atoms with Crippen molar-refractivity contribution >= 4 is 13.1 Å². The van der Waals surface area contributed by atoms with E-state index in [4.69, 9.17) is 2.74 Å². The second kappa shape index (κ2) is 8.08. The van der Waals surface area contributed by atoms with Crippen LogP contribution in [0.4, 0.5) is 22.1 Å². The predicted molar refractivity (Wildman–Crippen MR) is 57.6 cm³/mol. The van der Waals surface area contributed by atoms with E-state index in [-0.39, 0.29) is 51.4 Å². The molecule has 0 unspecified atom stereocenters. The van der Waals surface area contributed by atoms with E-state index in [0.717, 1.165) is 6.92 Å². The normalized spacial score (nSPS) is 17.8. The van der Waals surface area contributed by atoms with E-state index in [1.807, 2.05) is 0 Å². The Balaban J connectivity index is 0. The first-order chi connectivity index (χ1) is 8.18. The summed E-state index contributed by atoms with van der Waals surface area (Å²) in [4.78, 5) is 11.3. The standard InChI is InChI=1S/C9H17BF4NO2.K/c1-6(11)7(5-10(12,13)14)15-8(16)17-9(2,3)4;/h6-7H,5H2,1-4H3,(H,15,16);/q-1;+1/t6-,7+;/m0./s1/i5D2;. The van der Waals surface area contributed by atoms with Gasteiger partial charge in [-0.25, -0.2) is 9.18 Å². The summed E-state index contributed by atoms with van der Waals surface area (Å²) in [7, 11) is 0. The summed E-state index contributed by atoms with van der Waals surface area (Å²) in [5, 5.41) is 1.60. The molecule has 0 saturated carbocycles. The molecule has 102 valence electrons. The second-order valence-corrected chi connectivity index (χ2v) is 4.54. The van der Waals surface area contributed by atoms with Crippen molar-refractivity contribution in [3.8, 4) is 0 Å². The molecule has 0 aromatic rings. The Morgan fingerprint density at radius 1 is 1.44 bits per heavy atom. The molecule has 0 aromatic heterocycles. The molecule has 3 nitrogen and oxygen atoms in total. The van der Waals surface area contributed by atoms with Crippen LogP contribution >= 0.6 is 0 Å². The molecule has 0 fully saturated rings. The Bertz CT molecular complexity index is 337. The van der Waals surface area contributed by atoms with Gasteiger partial charge in [0.2, 0.25) is 0 Å². The van der Waals surface area contributed by atoms with Crippen molar-refractivity contribution in [1.82, 2.24) is 5.32 Å². The topological polar surface area (TPSA) is 38.3 Å². The van der Waals surface area contributed by atoms with Crippen LogP contribution in [0.1, 0.15) is 30.4 Å². The van der Waals surface area contributed by atoms with Gasteiger partial charge in [0.05, 0.1) is 0 Å². The maximum absolute atomic E-state index is 13.2. The third-order valence-corrected chi connectivity index (χ3v) is 1.50.